The molecule has 0 radical (unpaired) electrons. The average Bonchev–Trinajstić information content (AvgIpc) is 2.27. The molecule has 6 nitrogen and oxygen atoms in total. The van der Waals surface area contributed by atoms with Crippen molar-refractivity contribution < 1.29 is 8.42 Å². The van der Waals surface area contributed by atoms with Gasteiger partial charge in [-0.15, -0.1) is 0 Å². The van der Waals surface area contributed by atoms with Crippen molar-refractivity contribution in [3.05, 3.63) is 11.8 Å². The van der Waals surface area contributed by atoms with Gasteiger partial charge < -0.3 is 0 Å². The van der Waals surface area contributed by atoms with E-state index in [0.717, 1.165) is 5.69 Å². The molecule has 0 amide bonds. The zero-order valence-electron chi connectivity index (χ0n) is 9.25. The molecule has 0 atom stereocenters. The maximum atomic E-state index is 11.5. The summed E-state index contributed by atoms with van der Waals surface area (Å²) in [7, 11) is -3.56. The molecule has 0 aromatic carbocycles. The van der Waals surface area contributed by atoms with E-state index in [9.17, 15) is 8.42 Å². The Balaban J connectivity index is 2.73. The molecule has 0 saturated carbocycles. The van der Waals surface area contributed by atoms with Crippen LogP contribution in [0.3, 0.4) is 0 Å². The van der Waals surface area contributed by atoms with Gasteiger partial charge >= 0.3 is 10.2 Å². The molecule has 1 rings (SSSR count). The molecular formula is C8H16N4O2S. The predicted octanol–water partition coefficient (Wildman–Crippen LogP) is 0.763. The summed E-state index contributed by atoms with van der Waals surface area (Å²) in [6.07, 6.45) is 0. The molecule has 0 spiro atoms. The van der Waals surface area contributed by atoms with Crippen molar-refractivity contribution in [2.75, 3.05) is 4.72 Å². The monoisotopic (exact) mass is 232 g/mol. The molecule has 0 fully saturated rings. The third-order valence-corrected chi connectivity index (χ3v) is 2.74. The molecule has 1 heterocycles. The minimum Gasteiger partial charge on any atom is -0.281 e. The lowest BCUT2D eigenvalue weighted by molar-refractivity contribution is 0.494. The number of nitrogens with one attached hydrogen (secondary N) is 3. The Bertz CT molecular complexity index is 430. The van der Waals surface area contributed by atoms with Gasteiger partial charge in [0, 0.05) is 17.3 Å². The van der Waals surface area contributed by atoms with Gasteiger partial charge in [-0.2, -0.15) is 18.2 Å². The van der Waals surface area contributed by atoms with E-state index in [1.54, 1.807) is 33.8 Å². The molecule has 7 heteroatoms. The van der Waals surface area contributed by atoms with Gasteiger partial charge in [-0.05, 0) is 27.7 Å². The maximum Gasteiger partial charge on any atom is 0.300 e. The predicted molar refractivity (Wildman–Crippen MR) is 58.8 cm³/mol. The average molecular weight is 232 g/mol. The lowest BCUT2D eigenvalue weighted by atomic mass is 10.1. The second-order valence-corrected chi connectivity index (χ2v) is 5.81. The molecule has 0 aliphatic carbocycles. The van der Waals surface area contributed by atoms with Crippen molar-refractivity contribution in [3.8, 4) is 0 Å². The topological polar surface area (TPSA) is 86.9 Å². The summed E-state index contributed by atoms with van der Waals surface area (Å²) in [6.45, 7) is 7.09. The second kappa shape index (κ2) is 3.82. The third-order valence-electron chi connectivity index (χ3n) is 1.39. The minimum absolute atomic E-state index is 0.282. The SMILES string of the molecule is Cc1cc(NS(=O)(=O)NC(C)(C)C)n[nH]1. The molecule has 3 N–H and O–H groups in total. The van der Waals surface area contributed by atoms with E-state index in [1.165, 1.54) is 0 Å². The minimum atomic E-state index is -3.56. The maximum absolute atomic E-state index is 11.5. The highest BCUT2D eigenvalue weighted by atomic mass is 32.2. The first-order chi connectivity index (χ1) is 6.68. The van der Waals surface area contributed by atoms with Crippen LogP contribution in [-0.2, 0) is 10.2 Å². The van der Waals surface area contributed by atoms with Crippen LogP contribution in [0.25, 0.3) is 0 Å². The van der Waals surface area contributed by atoms with Gasteiger partial charge in [0.25, 0.3) is 0 Å². The zero-order valence-corrected chi connectivity index (χ0v) is 10.1. The fraction of sp³-hybridized carbons (Fsp3) is 0.625. The van der Waals surface area contributed by atoms with Gasteiger partial charge in [0.05, 0.1) is 0 Å². The summed E-state index contributed by atoms with van der Waals surface area (Å²) < 4.78 is 27.9. The highest BCUT2D eigenvalue weighted by Crippen LogP contribution is 2.08. The van der Waals surface area contributed by atoms with Crippen LogP contribution in [-0.4, -0.2) is 24.2 Å². The Hall–Kier alpha value is -1.08. The first kappa shape index (κ1) is 12.0. The summed E-state index contributed by atoms with van der Waals surface area (Å²) in [4.78, 5) is 0. The fourth-order valence-electron chi connectivity index (χ4n) is 1.04. The van der Waals surface area contributed by atoms with Crippen LogP contribution in [0, 0.1) is 6.92 Å². The van der Waals surface area contributed by atoms with E-state index in [0.29, 0.717) is 0 Å². The Kier molecular flexibility index (Phi) is 3.05. The molecule has 86 valence electrons. The summed E-state index contributed by atoms with van der Waals surface area (Å²) in [5, 5.41) is 6.43. The van der Waals surface area contributed by atoms with Crippen LogP contribution in [0.4, 0.5) is 5.82 Å². The van der Waals surface area contributed by atoms with E-state index in [4.69, 9.17) is 0 Å². The number of aryl methyl sites for hydroxylation is 1. The highest BCUT2D eigenvalue weighted by Gasteiger charge is 2.20. The normalized spacial score (nSPS) is 12.8. The smallest absolute Gasteiger partial charge is 0.281 e. The summed E-state index contributed by atoms with van der Waals surface area (Å²) in [5.41, 5.74) is 0.278. The third kappa shape index (κ3) is 4.30. The number of aromatic amines is 1. The molecule has 15 heavy (non-hydrogen) atoms. The molecule has 0 aliphatic rings. The number of aromatic nitrogens is 2. The lowest BCUT2D eigenvalue weighted by Gasteiger charge is -2.20. The summed E-state index contributed by atoms with van der Waals surface area (Å²) in [6, 6.07) is 1.61. The van der Waals surface area contributed by atoms with Gasteiger partial charge in [0.15, 0.2) is 5.82 Å². The molecule has 1 aromatic heterocycles. The largest absolute Gasteiger partial charge is 0.300 e. The van der Waals surface area contributed by atoms with Crippen molar-refractivity contribution >= 4 is 16.0 Å². The van der Waals surface area contributed by atoms with Crippen LogP contribution in [0.1, 0.15) is 26.5 Å². The fourth-order valence-corrected chi connectivity index (χ4v) is 2.27. The molecular weight excluding hydrogens is 216 g/mol. The van der Waals surface area contributed by atoms with E-state index in [1.807, 2.05) is 0 Å². The summed E-state index contributed by atoms with van der Waals surface area (Å²) in [5.74, 6) is 0.282. The van der Waals surface area contributed by atoms with Crippen LogP contribution in [0.15, 0.2) is 6.07 Å². The second-order valence-electron chi connectivity index (χ2n) is 4.39. The van der Waals surface area contributed by atoms with Gasteiger partial charge in [-0.3, -0.25) is 9.82 Å². The Morgan fingerprint density at radius 1 is 1.40 bits per heavy atom. The van der Waals surface area contributed by atoms with Crippen LogP contribution >= 0.6 is 0 Å². The number of rotatable bonds is 3. The summed E-state index contributed by atoms with van der Waals surface area (Å²) >= 11 is 0. The molecule has 0 unspecified atom stereocenters. The zero-order chi connectivity index (χ0) is 11.7. The van der Waals surface area contributed by atoms with Crippen molar-refractivity contribution in [1.29, 1.82) is 0 Å². The quantitative estimate of drug-likeness (QED) is 0.719. The molecule has 0 saturated heterocycles. The number of H-pyrrole nitrogens is 1. The number of nitrogens with zero attached hydrogens (tertiary/aromatic N) is 1. The van der Waals surface area contributed by atoms with Gasteiger partial charge in [0.2, 0.25) is 0 Å². The van der Waals surface area contributed by atoms with Crippen molar-refractivity contribution in [3.63, 3.8) is 0 Å². The van der Waals surface area contributed by atoms with E-state index < -0.39 is 15.7 Å². The van der Waals surface area contributed by atoms with Crippen LogP contribution in [0.2, 0.25) is 0 Å². The Labute approximate surface area is 89.6 Å². The number of hydrogen-bond donors (Lipinski definition) is 3. The standard InChI is InChI=1S/C8H16N4O2S/c1-6-5-7(10-9-6)11-15(13,14)12-8(2,3)4/h5,12H,1-4H3,(H2,9,10,11). The van der Waals surface area contributed by atoms with Crippen LogP contribution in [0.5, 0.6) is 0 Å². The van der Waals surface area contributed by atoms with Crippen LogP contribution < -0.4 is 9.44 Å². The van der Waals surface area contributed by atoms with Gasteiger partial charge in [-0.1, -0.05) is 0 Å². The molecule has 1 aromatic rings. The van der Waals surface area contributed by atoms with E-state index in [-0.39, 0.29) is 5.82 Å². The number of hydrogen-bond acceptors (Lipinski definition) is 3. The first-order valence-corrected chi connectivity index (χ1v) is 6.00. The van der Waals surface area contributed by atoms with Gasteiger partial charge in [-0.25, -0.2) is 0 Å². The van der Waals surface area contributed by atoms with E-state index in [2.05, 4.69) is 19.6 Å². The van der Waals surface area contributed by atoms with Crippen molar-refractivity contribution in [2.45, 2.75) is 33.2 Å². The number of anilines is 1. The first-order valence-electron chi connectivity index (χ1n) is 4.52. The van der Waals surface area contributed by atoms with Crippen molar-refractivity contribution in [1.82, 2.24) is 14.9 Å². The van der Waals surface area contributed by atoms with Gasteiger partial charge in [0.1, 0.15) is 0 Å². The Morgan fingerprint density at radius 3 is 2.40 bits per heavy atom. The Morgan fingerprint density at radius 2 is 2.00 bits per heavy atom. The van der Waals surface area contributed by atoms with E-state index >= 15 is 0 Å². The molecule has 0 aliphatic heterocycles. The van der Waals surface area contributed by atoms with Crippen molar-refractivity contribution in [2.24, 2.45) is 0 Å². The lowest BCUT2D eigenvalue weighted by Crippen LogP contribution is -2.43. The molecule has 0 bridgehead atoms. The highest BCUT2D eigenvalue weighted by molar-refractivity contribution is 7.90.